The number of hydrogen-bond donors (Lipinski definition) is 0. The van der Waals surface area contributed by atoms with Crippen molar-refractivity contribution in [3.63, 3.8) is 0 Å². The van der Waals surface area contributed by atoms with Gasteiger partial charge in [0.05, 0.1) is 12.1 Å². The van der Waals surface area contributed by atoms with Gasteiger partial charge in [0.1, 0.15) is 5.60 Å². The number of carbonyl (C=O) groups excluding carboxylic acids is 2. The lowest BCUT2D eigenvalue weighted by Crippen LogP contribution is -2.52. The zero-order valence-electron chi connectivity index (χ0n) is 16.0. The summed E-state index contributed by atoms with van der Waals surface area (Å²) in [7, 11) is 0. The van der Waals surface area contributed by atoms with Crippen LogP contribution in [-0.2, 0) is 16.0 Å². The summed E-state index contributed by atoms with van der Waals surface area (Å²) in [6, 6.07) is 11.4. The molecular formula is C20H25N3O4. The van der Waals surface area contributed by atoms with Crippen LogP contribution in [-0.4, -0.2) is 58.7 Å². The van der Waals surface area contributed by atoms with Crippen LogP contribution in [0.15, 0.2) is 40.9 Å². The van der Waals surface area contributed by atoms with Gasteiger partial charge >= 0.3 is 6.09 Å². The molecule has 1 aliphatic rings. The molecule has 3 rings (SSSR count). The summed E-state index contributed by atoms with van der Waals surface area (Å²) in [4.78, 5) is 28.0. The van der Waals surface area contributed by atoms with Crippen molar-refractivity contribution >= 4 is 12.0 Å². The van der Waals surface area contributed by atoms with Crippen molar-refractivity contribution in [2.24, 2.45) is 0 Å². The first-order valence-corrected chi connectivity index (χ1v) is 9.08. The van der Waals surface area contributed by atoms with Crippen LogP contribution in [0.25, 0.3) is 11.3 Å². The van der Waals surface area contributed by atoms with Gasteiger partial charge in [-0.25, -0.2) is 4.79 Å². The summed E-state index contributed by atoms with van der Waals surface area (Å²) >= 11 is 0. The predicted octanol–water partition coefficient (Wildman–Crippen LogP) is 2.96. The molecule has 0 unspecified atom stereocenters. The van der Waals surface area contributed by atoms with Crippen LogP contribution < -0.4 is 0 Å². The van der Waals surface area contributed by atoms with E-state index >= 15 is 0 Å². The molecule has 1 aromatic heterocycles. The normalized spacial score (nSPS) is 14.9. The third-order valence-corrected chi connectivity index (χ3v) is 4.23. The monoisotopic (exact) mass is 371 g/mol. The highest BCUT2D eigenvalue weighted by atomic mass is 16.6. The van der Waals surface area contributed by atoms with Gasteiger partial charge < -0.3 is 19.1 Å². The Hall–Kier alpha value is -2.83. The fraction of sp³-hybridized carbons (Fsp3) is 0.450. The first-order valence-electron chi connectivity index (χ1n) is 9.08. The molecular weight excluding hydrogens is 346 g/mol. The fourth-order valence-electron chi connectivity index (χ4n) is 2.87. The van der Waals surface area contributed by atoms with E-state index in [9.17, 15) is 9.59 Å². The molecule has 2 aromatic rings. The van der Waals surface area contributed by atoms with Crippen molar-refractivity contribution < 1.29 is 18.8 Å². The van der Waals surface area contributed by atoms with E-state index in [-0.39, 0.29) is 18.4 Å². The van der Waals surface area contributed by atoms with Gasteiger partial charge in [-0.2, -0.15) is 0 Å². The van der Waals surface area contributed by atoms with Crippen LogP contribution in [0.3, 0.4) is 0 Å². The van der Waals surface area contributed by atoms with Crippen molar-refractivity contribution in [3.05, 3.63) is 42.1 Å². The van der Waals surface area contributed by atoms with E-state index in [0.29, 0.717) is 37.6 Å². The van der Waals surface area contributed by atoms with Crippen LogP contribution in [0, 0.1) is 0 Å². The lowest BCUT2D eigenvalue weighted by molar-refractivity contribution is -0.132. The molecule has 0 bridgehead atoms. The van der Waals surface area contributed by atoms with Gasteiger partial charge in [-0.05, 0) is 20.8 Å². The van der Waals surface area contributed by atoms with E-state index in [1.807, 2.05) is 51.1 Å². The SMILES string of the molecule is CC(C)(C)OC(=O)N1CCN(C(=O)Cc2cc(-c3ccccc3)on2)CC1. The van der Waals surface area contributed by atoms with Crippen molar-refractivity contribution in [1.82, 2.24) is 15.0 Å². The highest BCUT2D eigenvalue weighted by molar-refractivity contribution is 5.79. The first-order chi connectivity index (χ1) is 12.8. The zero-order chi connectivity index (χ0) is 19.4. The van der Waals surface area contributed by atoms with E-state index in [4.69, 9.17) is 9.26 Å². The van der Waals surface area contributed by atoms with Crippen LogP contribution in [0.5, 0.6) is 0 Å². The quantitative estimate of drug-likeness (QED) is 0.829. The average molecular weight is 371 g/mol. The molecule has 0 N–H and O–H groups in total. The Morgan fingerprint density at radius 1 is 1.07 bits per heavy atom. The highest BCUT2D eigenvalue weighted by Crippen LogP contribution is 2.20. The molecule has 27 heavy (non-hydrogen) atoms. The summed E-state index contributed by atoms with van der Waals surface area (Å²) in [5.74, 6) is 0.625. The van der Waals surface area contributed by atoms with Crippen molar-refractivity contribution in [1.29, 1.82) is 0 Å². The average Bonchev–Trinajstić information content (AvgIpc) is 3.09. The second-order valence-corrected chi connectivity index (χ2v) is 7.57. The van der Waals surface area contributed by atoms with Crippen LogP contribution in [0.1, 0.15) is 26.5 Å². The van der Waals surface area contributed by atoms with E-state index < -0.39 is 5.60 Å². The predicted molar refractivity (Wildman–Crippen MR) is 100 cm³/mol. The number of nitrogens with zero attached hydrogens (tertiary/aromatic N) is 3. The molecule has 2 amide bonds. The minimum atomic E-state index is -0.520. The molecule has 0 radical (unpaired) electrons. The molecule has 1 aromatic carbocycles. The maximum atomic E-state index is 12.5. The number of carbonyl (C=O) groups is 2. The van der Waals surface area contributed by atoms with Gasteiger partial charge in [0.15, 0.2) is 5.76 Å². The number of amides is 2. The van der Waals surface area contributed by atoms with E-state index in [0.717, 1.165) is 5.56 Å². The van der Waals surface area contributed by atoms with Gasteiger partial charge in [-0.1, -0.05) is 35.5 Å². The molecule has 1 fully saturated rings. The zero-order valence-corrected chi connectivity index (χ0v) is 16.0. The number of aromatic nitrogens is 1. The van der Waals surface area contributed by atoms with Crippen molar-refractivity contribution in [2.75, 3.05) is 26.2 Å². The van der Waals surface area contributed by atoms with Gasteiger partial charge in [0.2, 0.25) is 5.91 Å². The third-order valence-electron chi connectivity index (χ3n) is 4.23. The van der Waals surface area contributed by atoms with E-state index in [2.05, 4.69) is 5.16 Å². The maximum absolute atomic E-state index is 12.5. The summed E-state index contributed by atoms with van der Waals surface area (Å²) in [5.41, 5.74) is 1.01. The molecule has 0 atom stereocenters. The third kappa shape index (κ3) is 5.09. The van der Waals surface area contributed by atoms with Crippen LogP contribution >= 0.6 is 0 Å². The Kier molecular flexibility index (Phi) is 5.48. The summed E-state index contributed by atoms with van der Waals surface area (Å²) in [6.45, 7) is 7.43. The number of ether oxygens (including phenoxy) is 1. The van der Waals surface area contributed by atoms with Gasteiger partial charge in [-0.3, -0.25) is 4.79 Å². The molecule has 0 spiro atoms. The molecule has 1 saturated heterocycles. The standard InChI is InChI=1S/C20H25N3O4/c1-20(2,3)26-19(25)23-11-9-22(10-12-23)18(24)14-16-13-17(27-21-16)15-7-5-4-6-8-15/h4-8,13H,9-12,14H2,1-3H3. The Morgan fingerprint density at radius 2 is 1.70 bits per heavy atom. The number of hydrogen-bond acceptors (Lipinski definition) is 5. The molecule has 7 nitrogen and oxygen atoms in total. The van der Waals surface area contributed by atoms with Crippen LogP contribution in [0.2, 0.25) is 0 Å². The Bertz CT molecular complexity index is 787. The second-order valence-electron chi connectivity index (χ2n) is 7.57. The number of rotatable bonds is 3. The second kappa shape index (κ2) is 7.82. The largest absolute Gasteiger partial charge is 0.444 e. The summed E-state index contributed by atoms with van der Waals surface area (Å²) < 4.78 is 10.7. The lowest BCUT2D eigenvalue weighted by atomic mass is 10.1. The molecule has 144 valence electrons. The molecule has 2 heterocycles. The minimum absolute atomic E-state index is 0.0215. The fourth-order valence-corrected chi connectivity index (χ4v) is 2.87. The van der Waals surface area contributed by atoms with Crippen LogP contribution in [0.4, 0.5) is 4.79 Å². The summed E-state index contributed by atoms with van der Waals surface area (Å²) in [5, 5.41) is 4.00. The van der Waals surface area contributed by atoms with Gasteiger partial charge in [0, 0.05) is 37.8 Å². The van der Waals surface area contributed by atoms with Gasteiger partial charge in [-0.15, -0.1) is 0 Å². The smallest absolute Gasteiger partial charge is 0.410 e. The Morgan fingerprint density at radius 3 is 2.33 bits per heavy atom. The molecule has 1 aliphatic heterocycles. The summed E-state index contributed by atoms with van der Waals surface area (Å²) in [6.07, 6.45) is -0.151. The lowest BCUT2D eigenvalue weighted by Gasteiger charge is -2.35. The van der Waals surface area contributed by atoms with Gasteiger partial charge in [0.25, 0.3) is 0 Å². The van der Waals surface area contributed by atoms with Crippen molar-refractivity contribution in [2.45, 2.75) is 32.8 Å². The minimum Gasteiger partial charge on any atom is -0.444 e. The highest BCUT2D eigenvalue weighted by Gasteiger charge is 2.28. The molecule has 0 aliphatic carbocycles. The number of piperazine rings is 1. The Balaban J connectivity index is 1.52. The van der Waals surface area contributed by atoms with Crippen molar-refractivity contribution in [3.8, 4) is 11.3 Å². The molecule has 7 heteroatoms. The number of benzene rings is 1. The van der Waals surface area contributed by atoms with E-state index in [1.54, 1.807) is 15.9 Å². The Labute approximate surface area is 158 Å². The maximum Gasteiger partial charge on any atom is 0.410 e. The van der Waals surface area contributed by atoms with E-state index in [1.165, 1.54) is 0 Å². The first kappa shape index (κ1) is 18.9. The topological polar surface area (TPSA) is 75.9 Å². The molecule has 0 saturated carbocycles.